The normalized spacial score (nSPS) is 11.3. The average Bonchev–Trinajstić information content (AvgIpc) is 2.27. The van der Waals surface area contributed by atoms with E-state index in [-0.39, 0.29) is 6.10 Å². The van der Waals surface area contributed by atoms with Gasteiger partial charge in [-0.3, -0.25) is 4.90 Å². The van der Waals surface area contributed by atoms with E-state index < -0.39 is 0 Å². The second kappa shape index (κ2) is 7.25. The molecule has 6 heteroatoms. The topological polar surface area (TPSA) is 76.3 Å². The number of ether oxygens (including phenoxy) is 1. The van der Waals surface area contributed by atoms with Crippen molar-refractivity contribution < 1.29 is 4.74 Å². The molecule has 0 aliphatic rings. The van der Waals surface area contributed by atoms with Crippen LogP contribution in [0.1, 0.15) is 25.4 Å². The van der Waals surface area contributed by atoms with Gasteiger partial charge in [-0.1, -0.05) is 0 Å². The molecule has 0 aliphatic carbocycles. The molecule has 0 spiro atoms. The Morgan fingerprint density at radius 3 is 2.78 bits per heavy atom. The Balaban J connectivity index is 2.48. The number of nitrogens with two attached hydrogens (primary N) is 1. The Kier molecular flexibility index (Phi) is 5.97. The minimum absolute atomic E-state index is 0.265. The maximum Gasteiger partial charge on any atom is 0.145 e. The van der Waals surface area contributed by atoms with Crippen molar-refractivity contribution in [1.82, 2.24) is 14.9 Å². The fourth-order valence-corrected chi connectivity index (χ4v) is 1.54. The van der Waals surface area contributed by atoms with Gasteiger partial charge in [0.1, 0.15) is 11.6 Å². The van der Waals surface area contributed by atoms with Crippen LogP contribution < -0.4 is 11.3 Å². The van der Waals surface area contributed by atoms with E-state index in [9.17, 15) is 0 Å². The van der Waals surface area contributed by atoms with Gasteiger partial charge < -0.3 is 10.2 Å². The van der Waals surface area contributed by atoms with E-state index in [1.54, 1.807) is 0 Å². The third kappa shape index (κ3) is 5.39. The van der Waals surface area contributed by atoms with E-state index in [0.717, 1.165) is 18.1 Å². The van der Waals surface area contributed by atoms with E-state index >= 15 is 0 Å². The summed E-state index contributed by atoms with van der Waals surface area (Å²) in [6, 6.07) is 1.81. The molecule has 1 heterocycles. The molecule has 0 bridgehead atoms. The van der Waals surface area contributed by atoms with E-state index in [1.165, 1.54) is 0 Å². The van der Waals surface area contributed by atoms with E-state index in [2.05, 4.69) is 20.3 Å². The monoisotopic (exact) mass is 253 g/mol. The number of nitrogen functional groups attached to an aromatic ring is 1. The van der Waals surface area contributed by atoms with Crippen LogP contribution in [0.2, 0.25) is 0 Å². The van der Waals surface area contributed by atoms with Gasteiger partial charge >= 0.3 is 0 Å². The molecule has 0 aromatic carbocycles. The smallest absolute Gasteiger partial charge is 0.145 e. The van der Waals surface area contributed by atoms with Crippen molar-refractivity contribution in [2.75, 3.05) is 25.6 Å². The quantitative estimate of drug-likeness (QED) is 0.556. The molecule has 0 saturated carbocycles. The first-order valence-electron chi connectivity index (χ1n) is 6.12. The molecule has 102 valence electrons. The van der Waals surface area contributed by atoms with Gasteiger partial charge in [-0.05, 0) is 27.8 Å². The van der Waals surface area contributed by atoms with Crippen molar-refractivity contribution >= 4 is 5.82 Å². The zero-order valence-corrected chi connectivity index (χ0v) is 11.6. The predicted molar refractivity (Wildman–Crippen MR) is 72.0 cm³/mol. The molecule has 0 amide bonds. The summed E-state index contributed by atoms with van der Waals surface area (Å²) in [5.41, 5.74) is 3.45. The largest absolute Gasteiger partial charge is 0.377 e. The molecule has 0 unspecified atom stereocenters. The number of nitrogens with zero attached hydrogens (tertiary/aromatic N) is 3. The molecule has 0 fully saturated rings. The number of likely N-dealkylation sites (N-methyl/N-ethyl adjacent to an activating group) is 1. The van der Waals surface area contributed by atoms with Crippen LogP contribution in [-0.4, -0.2) is 41.2 Å². The molecule has 0 saturated heterocycles. The first kappa shape index (κ1) is 14.8. The van der Waals surface area contributed by atoms with Crippen LogP contribution in [0.3, 0.4) is 0 Å². The maximum absolute atomic E-state index is 5.50. The average molecular weight is 253 g/mol. The molecule has 1 aromatic heterocycles. The molecule has 1 rings (SSSR count). The van der Waals surface area contributed by atoms with Crippen molar-refractivity contribution in [3.8, 4) is 0 Å². The lowest BCUT2D eigenvalue weighted by Crippen LogP contribution is -2.25. The third-order valence-electron chi connectivity index (χ3n) is 2.38. The predicted octanol–water partition coefficient (Wildman–Crippen LogP) is 0.927. The number of hydrazine groups is 1. The van der Waals surface area contributed by atoms with Crippen LogP contribution in [0, 0.1) is 6.92 Å². The first-order chi connectivity index (χ1) is 8.51. The summed E-state index contributed by atoms with van der Waals surface area (Å²) >= 11 is 0. The number of anilines is 1. The first-order valence-corrected chi connectivity index (χ1v) is 6.12. The summed E-state index contributed by atoms with van der Waals surface area (Å²) in [6.07, 6.45) is 0.265. The number of rotatable bonds is 7. The van der Waals surface area contributed by atoms with Crippen LogP contribution in [-0.2, 0) is 11.3 Å². The summed E-state index contributed by atoms with van der Waals surface area (Å²) in [5.74, 6) is 6.76. The second-order valence-electron chi connectivity index (χ2n) is 4.61. The van der Waals surface area contributed by atoms with Crippen molar-refractivity contribution in [3.63, 3.8) is 0 Å². The van der Waals surface area contributed by atoms with Gasteiger partial charge in [0, 0.05) is 18.3 Å². The third-order valence-corrected chi connectivity index (χ3v) is 2.38. The Morgan fingerprint density at radius 2 is 2.17 bits per heavy atom. The van der Waals surface area contributed by atoms with Crippen molar-refractivity contribution in [2.45, 2.75) is 33.4 Å². The van der Waals surface area contributed by atoms with Gasteiger partial charge in [-0.2, -0.15) is 0 Å². The number of hydrogen-bond acceptors (Lipinski definition) is 6. The highest BCUT2D eigenvalue weighted by Gasteiger charge is 2.06. The lowest BCUT2D eigenvalue weighted by molar-refractivity contribution is 0.0623. The highest BCUT2D eigenvalue weighted by Crippen LogP contribution is 2.06. The van der Waals surface area contributed by atoms with Crippen molar-refractivity contribution in [3.05, 3.63) is 17.6 Å². The van der Waals surface area contributed by atoms with E-state index in [4.69, 9.17) is 10.6 Å². The SMILES string of the molecule is Cc1cc(NN)nc(CN(C)CCOC(C)C)n1. The molecular weight excluding hydrogens is 230 g/mol. The Hall–Kier alpha value is -1.24. The molecule has 0 radical (unpaired) electrons. The molecule has 6 nitrogen and oxygen atoms in total. The lowest BCUT2D eigenvalue weighted by atomic mass is 10.4. The van der Waals surface area contributed by atoms with Gasteiger partial charge in [0.25, 0.3) is 0 Å². The number of aryl methyl sites for hydroxylation is 1. The Labute approximate surface area is 109 Å². The number of nitrogens with one attached hydrogen (secondary N) is 1. The van der Waals surface area contributed by atoms with E-state index in [0.29, 0.717) is 19.0 Å². The van der Waals surface area contributed by atoms with Crippen LogP contribution in [0.4, 0.5) is 5.82 Å². The summed E-state index contributed by atoms with van der Waals surface area (Å²) in [7, 11) is 2.02. The molecule has 0 aliphatic heterocycles. The zero-order chi connectivity index (χ0) is 13.5. The number of aromatic nitrogens is 2. The number of hydrogen-bond donors (Lipinski definition) is 2. The fourth-order valence-electron chi connectivity index (χ4n) is 1.54. The standard InChI is InChI=1S/C12H23N5O/c1-9(2)18-6-5-17(4)8-12-14-10(3)7-11(15-12)16-13/h7,9H,5-6,8,13H2,1-4H3,(H,14,15,16). The maximum atomic E-state index is 5.50. The second-order valence-corrected chi connectivity index (χ2v) is 4.61. The molecule has 0 atom stereocenters. The molecule has 18 heavy (non-hydrogen) atoms. The van der Waals surface area contributed by atoms with Gasteiger partial charge in [0.15, 0.2) is 0 Å². The summed E-state index contributed by atoms with van der Waals surface area (Å²) in [5, 5.41) is 0. The minimum atomic E-state index is 0.265. The van der Waals surface area contributed by atoms with Crippen LogP contribution in [0.5, 0.6) is 0 Å². The fraction of sp³-hybridized carbons (Fsp3) is 0.667. The van der Waals surface area contributed by atoms with Crippen molar-refractivity contribution in [1.29, 1.82) is 0 Å². The van der Waals surface area contributed by atoms with Gasteiger partial charge in [0.05, 0.1) is 19.3 Å². The van der Waals surface area contributed by atoms with Crippen LogP contribution in [0.15, 0.2) is 6.07 Å². The Bertz CT molecular complexity index is 369. The van der Waals surface area contributed by atoms with Gasteiger partial charge in [0.2, 0.25) is 0 Å². The minimum Gasteiger partial charge on any atom is -0.377 e. The zero-order valence-electron chi connectivity index (χ0n) is 11.6. The van der Waals surface area contributed by atoms with Crippen LogP contribution >= 0.6 is 0 Å². The van der Waals surface area contributed by atoms with E-state index in [1.807, 2.05) is 33.9 Å². The Morgan fingerprint density at radius 1 is 1.44 bits per heavy atom. The summed E-state index contributed by atoms with van der Waals surface area (Å²) < 4.78 is 5.50. The molecular formula is C12H23N5O. The van der Waals surface area contributed by atoms with Gasteiger partial charge in [-0.25, -0.2) is 15.8 Å². The van der Waals surface area contributed by atoms with Crippen LogP contribution in [0.25, 0.3) is 0 Å². The van der Waals surface area contributed by atoms with Crippen molar-refractivity contribution in [2.24, 2.45) is 5.84 Å². The molecule has 3 N–H and O–H groups in total. The highest BCUT2D eigenvalue weighted by atomic mass is 16.5. The lowest BCUT2D eigenvalue weighted by Gasteiger charge is -2.17. The summed E-state index contributed by atoms with van der Waals surface area (Å²) in [4.78, 5) is 10.8. The highest BCUT2D eigenvalue weighted by molar-refractivity contribution is 5.33. The summed E-state index contributed by atoms with van der Waals surface area (Å²) in [6.45, 7) is 8.22. The van der Waals surface area contributed by atoms with Gasteiger partial charge in [-0.15, -0.1) is 0 Å². The molecule has 1 aromatic rings.